The molecule has 1 spiro atoms. The Hall–Kier alpha value is -1.82. The van der Waals surface area contributed by atoms with Crippen LogP contribution in [0.2, 0.25) is 5.15 Å². The minimum atomic E-state index is -0.718. The van der Waals surface area contributed by atoms with Crippen molar-refractivity contribution in [1.82, 2.24) is 24.8 Å². The van der Waals surface area contributed by atoms with Crippen molar-refractivity contribution in [2.45, 2.75) is 108 Å². The third-order valence-electron chi connectivity index (χ3n) is 8.26. The zero-order valence-corrected chi connectivity index (χ0v) is 23.5. The number of ether oxygens (including phenoxy) is 4. The molecule has 6 heterocycles. The fraction of sp³-hybridized carbons (Fsp3) is 0.741. The predicted octanol–water partition coefficient (Wildman–Crippen LogP) is 3.43. The molecule has 6 atom stereocenters. The maximum absolute atomic E-state index is 12.9. The minimum Gasteiger partial charge on any atom is -0.459 e. The molecule has 0 aromatic carbocycles. The lowest BCUT2D eigenvalue weighted by Crippen LogP contribution is -2.59. The van der Waals surface area contributed by atoms with E-state index in [2.05, 4.69) is 20.2 Å². The Morgan fingerprint density at radius 1 is 1.24 bits per heavy atom. The van der Waals surface area contributed by atoms with Crippen molar-refractivity contribution >= 4 is 28.6 Å². The second-order valence-electron chi connectivity index (χ2n) is 12.5. The average Bonchev–Trinajstić information content (AvgIpc) is 3.57. The average molecular weight is 548 g/mol. The molecule has 2 aromatic heterocycles. The number of esters is 1. The number of carbonyl (C=O) groups is 1. The minimum absolute atomic E-state index is 0.0698. The molecule has 208 valence electrons. The van der Waals surface area contributed by atoms with Gasteiger partial charge in [0.2, 0.25) is 0 Å². The first-order valence-electron chi connectivity index (χ1n) is 13.6. The molecule has 4 aliphatic rings. The molecule has 0 saturated carbocycles. The molecule has 0 bridgehead atoms. The van der Waals surface area contributed by atoms with Gasteiger partial charge in [-0.3, -0.25) is 9.69 Å². The lowest BCUT2D eigenvalue weighted by atomic mass is 9.81. The number of nitrogens with zero attached hydrogens (tertiary/aromatic N) is 4. The molecule has 4 fully saturated rings. The first kappa shape index (κ1) is 26.4. The summed E-state index contributed by atoms with van der Waals surface area (Å²) in [5.41, 5.74) is 0.128. The van der Waals surface area contributed by atoms with E-state index in [0.29, 0.717) is 17.3 Å². The normalized spacial score (nSPS) is 35.3. The number of hydrogen-bond donors (Lipinski definition) is 1. The molecule has 1 N–H and O–H groups in total. The predicted molar refractivity (Wildman–Crippen MR) is 141 cm³/mol. The highest BCUT2D eigenvalue weighted by Gasteiger charge is 2.57. The molecule has 4 aliphatic heterocycles. The maximum Gasteiger partial charge on any atom is 0.323 e. The quantitative estimate of drug-likeness (QED) is 0.456. The molecule has 6 rings (SSSR count). The van der Waals surface area contributed by atoms with Gasteiger partial charge in [-0.15, -0.1) is 0 Å². The summed E-state index contributed by atoms with van der Waals surface area (Å²) in [5, 5.41) is 4.58. The summed E-state index contributed by atoms with van der Waals surface area (Å²) >= 11 is 6.32. The summed E-state index contributed by atoms with van der Waals surface area (Å²) in [7, 11) is 0. The van der Waals surface area contributed by atoms with Crippen molar-refractivity contribution in [3.8, 4) is 0 Å². The Morgan fingerprint density at radius 2 is 2.03 bits per heavy atom. The number of aromatic nitrogens is 3. The van der Waals surface area contributed by atoms with Gasteiger partial charge < -0.3 is 28.8 Å². The van der Waals surface area contributed by atoms with Gasteiger partial charge in [0.1, 0.15) is 47.1 Å². The zero-order chi connectivity index (χ0) is 26.9. The summed E-state index contributed by atoms with van der Waals surface area (Å²) < 4.78 is 27.2. The standard InChI is InChI=1S/C27H38ClN5O5/c1-25(2,3)38-24(34)17-13-27(9-10-29-17)8-6-11-32(27)14-18-19-20(37-26(4,5)36-19)23(35-18)33-12-7-16-21(28)30-15-31-22(16)33/h7,12,15,17-20,23,29H,6,8-11,13-14H2,1-5H3/t17?,18-,19-,20-,23-,27?/m1/s1. The fourth-order valence-electron chi connectivity index (χ4n) is 6.76. The SMILES string of the molecule is CC(C)(C)OC(=O)C1CC2(CCCN2C[C@H]2O[C@@H](n3ccc4c(Cl)ncnc43)[C@@H]3OC(C)(C)O[C@@H]32)CCN1. The Balaban J connectivity index is 1.24. The van der Waals surface area contributed by atoms with Gasteiger partial charge in [0, 0.05) is 18.3 Å². The number of nitrogens with one attached hydrogen (secondary N) is 1. The van der Waals surface area contributed by atoms with Crippen LogP contribution in [0.3, 0.4) is 0 Å². The van der Waals surface area contributed by atoms with Crippen LogP contribution in [0.1, 0.15) is 66.5 Å². The number of rotatable bonds is 4. The van der Waals surface area contributed by atoms with Crippen molar-refractivity contribution in [3.63, 3.8) is 0 Å². The van der Waals surface area contributed by atoms with E-state index in [1.807, 2.05) is 51.4 Å². The summed E-state index contributed by atoms with van der Waals surface area (Å²) in [6, 6.07) is 1.60. The van der Waals surface area contributed by atoms with Crippen LogP contribution in [-0.4, -0.2) is 86.3 Å². The lowest BCUT2D eigenvalue weighted by Gasteiger charge is -2.45. The smallest absolute Gasteiger partial charge is 0.323 e. The zero-order valence-electron chi connectivity index (χ0n) is 22.8. The summed E-state index contributed by atoms with van der Waals surface area (Å²) in [6.07, 6.45) is 6.12. The number of piperidine rings is 1. The third kappa shape index (κ3) is 4.73. The summed E-state index contributed by atoms with van der Waals surface area (Å²) in [6.45, 7) is 12.1. The van der Waals surface area contributed by atoms with Crippen LogP contribution in [0, 0.1) is 0 Å². The van der Waals surface area contributed by atoms with Crippen LogP contribution in [0.5, 0.6) is 0 Å². The molecule has 0 radical (unpaired) electrons. The van der Waals surface area contributed by atoms with E-state index in [0.717, 1.165) is 44.2 Å². The van der Waals surface area contributed by atoms with Gasteiger partial charge in [-0.05, 0) is 79.5 Å². The van der Waals surface area contributed by atoms with E-state index in [1.54, 1.807) is 0 Å². The molecular formula is C27H38ClN5O5. The van der Waals surface area contributed by atoms with Crippen molar-refractivity contribution in [3.05, 3.63) is 23.7 Å². The Kier molecular flexibility index (Phi) is 6.52. The van der Waals surface area contributed by atoms with E-state index in [-0.39, 0.29) is 35.9 Å². The van der Waals surface area contributed by atoms with Gasteiger partial charge in [0.05, 0.1) is 5.39 Å². The van der Waals surface area contributed by atoms with Crippen molar-refractivity contribution in [1.29, 1.82) is 0 Å². The van der Waals surface area contributed by atoms with Crippen LogP contribution in [-0.2, 0) is 23.7 Å². The van der Waals surface area contributed by atoms with E-state index < -0.39 is 17.6 Å². The largest absolute Gasteiger partial charge is 0.459 e. The van der Waals surface area contributed by atoms with Crippen LogP contribution >= 0.6 is 11.6 Å². The van der Waals surface area contributed by atoms with Gasteiger partial charge >= 0.3 is 5.97 Å². The number of likely N-dealkylation sites (tertiary alicyclic amines) is 1. The highest BCUT2D eigenvalue weighted by Crippen LogP contribution is 2.46. The summed E-state index contributed by atoms with van der Waals surface area (Å²) in [4.78, 5) is 24.0. The molecule has 38 heavy (non-hydrogen) atoms. The monoisotopic (exact) mass is 547 g/mol. The molecular weight excluding hydrogens is 510 g/mol. The second-order valence-corrected chi connectivity index (χ2v) is 12.9. The lowest BCUT2D eigenvalue weighted by molar-refractivity contribution is -0.199. The van der Waals surface area contributed by atoms with Crippen molar-refractivity contribution in [2.24, 2.45) is 0 Å². The first-order valence-corrected chi connectivity index (χ1v) is 14.0. The number of carbonyl (C=O) groups excluding carboxylic acids is 1. The van der Waals surface area contributed by atoms with E-state index in [1.165, 1.54) is 6.33 Å². The van der Waals surface area contributed by atoms with E-state index in [4.69, 9.17) is 30.5 Å². The molecule has 2 unspecified atom stereocenters. The number of hydrogen-bond acceptors (Lipinski definition) is 9. The molecule has 11 heteroatoms. The fourth-order valence-corrected chi connectivity index (χ4v) is 6.95. The first-order chi connectivity index (χ1) is 17.9. The molecule has 0 aliphatic carbocycles. The third-order valence-corrected chi connectivity index (χ3v) is 8.56. The van der Waals surface area contributed by atoms with E-state index in [9.17, 15) is 4.79 Å². The highest BCUT2D eigenvalue weighted by atomic mass is 35.5. The van der Waals surface area contributed by atoms with E-state index >= 15 is 0 Å². The number of fused-ring (bicyclic) bond motifs is 2. The van der Waals surface area contributed by atoms with Crippen LogP contribution in [0.4, 0.5) is 0 Å². The molecule has 2 aromatic rings. The molecule has 10 nitrogen and oxygen atoms in total. The maximum atomic E-state index is 12.9. The van der Waals surface area contributed by atoms with Crippen molar-refractivity contribution < 1.29 is 23.7 Å². The second kappa shape index (κ2) is 9.38. The van der Waals surface area contributed by atoms with Crippen molar-refractivity contribution in [2.75, 3.05) is 19.6 Å². The van der Waals surface area contributed by atoms with Gasteiger partial charge in [0.25, 0.3) is 0 Å². The Bertz CT molecular complexity index is 1210. The topological polar surface area (TPSA) is 100.0 Å². The van der Waals surface area contributed by atoms with Gasteiger partial charge in [-0.25, -0.2) is 9.97 Å². The Labute approximate surface area is 228 Å². The van der Waals surface area contributed by atoms with Gasteiger partial charge in [-0.1, -0.05) is 11.6 Å². The van der Waals surface area contributed by atoms with Crippen LogP contribution < -0.4 is 5.32 Å². The van der Waals surface area contributed by atoms with Crippen LogP contribution in [0.25, 0.3) is 11.0 Å². The molecule has 0 amide bonds. The van der Waals surface area contributed by atoms with Crippen LogP contribution in [0.15, 0.2) is 18.6 Å². The van der Waals surface area contributed by atoms with Gasteiger partial charge in [0.15, 0.2) is 12.0 Å². The van der Waals surface area contributed by atoms with Gasteiger partial charge in [-0.2, -0.15) is 0 Å². The summed E-state index contributed by atoms with van der Waals surface area (Å²) in [5.74, 6) is -0.889. The molecule has 4 saturated heterocycles. The highest BCUT2D eigenvalue weighted by molar-refractivity contribution is 6.33. The number of halogens is 1. The Morgan fingerprint density at radius 3 is 2.82 bits per heavy atom.